The zero-order valence-corrected chi connectivity index (χ0v) is 17.5. The number of halogens is 2. The van der Waals surface area contributed by atoms with E-state index in [4.69, 9.17) is 0 Å². The molecule has 2 fully saturated rings. The van der Waals surface area contributed by atoms with Gasteiger partial charge in [0.25, 0.3) is 11.8 Å². The Labute approximate surface area is 174 Å². The number of hydrogen-bond donors (Lipinski definition) is 2. The molecule has 7 heteroatoms. The Balaban J connectivity index is 1.79. The monoisotopic (exact) mass is 417 g/mol. The molecule has 4 rings (SSSR count). The van der Waals surface area contributed by atoms with E-state index in [1.807, 2.05) is 0 Å². The van der Waals surface area contributed by atoms with Crippen molar-refractivity contribution in [2.75, 3.05) is 7.05 Å². The SMILES string of the molecule is CNC(=O)c1nccc2[nH]c([C@@H]3CC(F)(F)[C@H](C)C[C@H]3C3CCCCC3)cc(=O)c12. The van der Waals surface area contributed by atoms with E-state index < -0.39 is 23.7 Å². The summed E-state index contributed by atoms with van der Waals surface area (Å²) >= 11 is 0. The van der Waals surface area contributed by atoms with Gasteiger partial charge in [0.2, 0.25) is 0 Å². The van der Waals surface area contributed by atoms with Gasteiger partial charge < -0.3 is 10.3 Å². The second-order valence-electron chi connectivity index (χ2n) is 9.02. The topological polar surface area (TPSA) is 74.8 Å². The lowest BCUT2D eigenvalue weighted by Gasteiger charge is -2.44. The molecule has 0 saturated heterocycles. The molecule has 5 nitrogen and oxygen atoms in total. The molecule has 0 unspecified atom stereocenters. The maximum absolute atomic E-state index is 14.7. The van der Waals surface area contributed by atoms with E-state index in [1.165, 1.54) is 25.7 Å². The van der Waals surface area contributed by atoms with Crippen LogP contribution >= 0.6 is 0 Å². The minimum atomic E-state index is -2.76. The number of H-pyrrole nitrogens is 1. The highest BCUT2D eigenvalue weighted by Crippen LogP contribution is 2.52. The van der Waals surface area contributed by atoms with Gasteiger partial charge in [-0.25, -0.2) is 8.78 Å². The van der Waals surface area contributed by atoms with Gasteiger partial charge in [0.15, 0.2) is 5.43 Å². The molecule has 0 aliphatic heterocycles. The third-order valence-electron chi connectivity index (χ3n) is 7.22. The third-order valence-corrected chi connectivity index (χ3v) is 7.22. The Morgan fingerprint density at radius 2 is 2.00 bits per heavy atom. The molecule has 2 saturated carbocycles. The van der Waals surface area contributed by atoms with E-state index in [-0.39, 0.29) is 28.8 Å². The molecule has 0 radical (unpaired) electrons. The number of alkyl halides is 2. The third kappa shape index (κ3) is 3.74. The Morgan fingerprint density at radius 3 is 2.70 bits per heavy atom. The van der Waals surface area contributed by atoms with E-state index in [9.17, 15) is 18.4 Å². The summed E-state index contributed by atoms with van der Waals surface area (Å²) in [5.41, 5.74) is 0.725. The number of fused-ring (bicyclic) bond motifs is 1. The number of carbonyl (C=O) groups excluding carboxylic acids is 1. The van der Waals surface area contributed by atoms with Crippen LogP contribution in [-0.4, -0.2) is 28.8 Å². The largest absolute Gasteiger partial charge is 0.358 e. The molecule has 2 N–H and O–H groups in total. The maximum Gasteiger partial charge on any atom is 0.270 e. The number of nitrogens with one attached hydrogen (secondary N) is 2. The maximum atomic E-state index is 14.7. The predicted octanol–water partition coefficient (Wildman–Crippen LogP) is 4.63. The summed E-state index contributed by atoms with van der Waals surface area (Å²) < 4.78 is 29.5. The zero-order valence-electron chi connectivity index (χ0n) is 17.5. The quantitative estimate of drug-likeness (QED) is 0.765. The highest BCUT2D eigenvalue weighted by molar-refractivity contribution is 6.04. The number of rotatable bonds is 3. The molecule has 2 aliphatic rings. The van der Waals surface area contributed by atoms with Crippen molar-refractivity contribution in [2.45, 2.75) is 63.7 Å². The van der Waals surface area contributed by atoms with Crippen LogP contribution in [0.4, 0.5) is 8.78 Å². The summed E-state index contributed by atoms with van der Waals surface area (Å²) in [4.78, 5) is 32.4. The molecular weight excluding hydrogens is 388 g/mol. The second-order valence-corrected chi connectivity index (χ2v) is 9.02. The van der Waals surface area contributed by atoms with Crippen molar-refractivity contribution < 1.29 is 13.6 Å². The lowest BCUT2D eigenvalue weighted by atomic mass is 9.63. The first-order valence-electron chi connectivity index (χ1n) is 10.9. The van der Waals surface area contributed by atoms with Crippen LogP contribution in [0, 0.1) is 17.8 Å². The van der Waals surface area contributed by atoms with Crippen molar-refractivity contribution in [3.63, 3.8) is 0 Å². The van der Waals surface area contributed by atoms with Crippen LogP contribution in [0.5, 0.6) is 0 Å². The highest BCUT2D eigenvalue weighted by atomic mass is 19.3. The average molecular weight is 418 g/mol. The number of hydrogen-bond acceptors (Lipinski definition) is 3. The molecule has 0 aromatic carbocycles. The van der Waals surface area contributed by atoms with Crippen molar-refractivity contribution in [1.82, 2.24) is 15.3 Å². The lowest BCUT2D eigenvalue weighted by molar-refractivity contribution is -0.108. The van der Waals surface area contributed by atoms with Crippen LogP contribution in [0.25, 0.3) is 10.9 Å². The van der Waals surface area contributed by atoms with Gasteiger partial charge in [0, 0.05) is 43.3 Å². The number of pyridine rings is 2. The Morgan fingerprint density at radius 1 is 1.27 bits per heavy atom. The Kier molecular flexibility index (Phi) is 5.64. The molecule has 2 aliphatic carbocycles. The molecule has 2 aromatic rings. The van der Waals surface area contributed by atoms with Gasteiger partial charge in [-0.05, 0) is 24.3 Å². The van der Waals surface area contributed by atoms with E-state index in [0.29, 0.717) is 23.5 Å². The molecule has 3 atom stereocenters. The molecule has 0 bridgehead atoms. The molecule has 2 aromatic heterocycles. The average Bonchev–Trinajstić information content (AvgIpc) is 2.74. The van der Waals surface area contributed by atoms with Crippen molar-refractivity contribution in [2.24, 2.45) is 17.8 Å². The van der Waals surface area contributed by atoms with Crippen LogP contribution < -0.4 is 10.7 Å². The van der Waals surface area contributed by atoms with E-state index in [0.717, 1.165) is 25.7 Å². The van der Waals surface area contributed by atoms with Crippen LogP contribution in [-0.2, 0) is 0 Å². The first-order chi connectivity index (χ1) is 14.3. The highest BCUT2D eigenvalue weighted by Gasteiger charge is 2.49. The number of aromatic amines is 1. The summed E-state index contributed by atoms with van der Waals surface area (Å²) in [6.45, 7) is 1.65. The lowest BCUT2D eigenvalue weighted by Crippen LogP contribution is -2.41. The smallest absolute Gasteiger partial charge is 0.270 e. The summed E-state index contributed by atoms with van der Waals surface area (Å²) in [5, 5.41) is 2.69. The van der Waals surface area contributed by atoms with Gasteiger partial charge in [0.05, 0.1) is 10.9 Å². The van der Waals surface area contributed by atoms with Crippen LogP contribution in [0.15, 0.2) is 23.1 Å². The van der Waals surface area contributed by atoms with Crippen LogP contribution in [0.3, 0.4) is 0 Å². The molecule has 30 heavy (non-hydrogen) atoms. The summed E-state index contributed by atoms with van der Waals surface area (Å²) in [6.07, 6.45) is 7.34. The first kappa shape index (κ1) is 20.9. The fraction of sp³-hybridized carbons (Fsp3) is 0.609. The summed E-state index contributed by atoms with van der Waals surface area (Å²) in [7, 11) is 1.48. The fourth-order valence-electron chi connectivity index (χ4n) is 5.53. The van der Waals surface area contributed by atoms with Gasteiger partial charge in [-0.2, -0.15) is 0 Å². The minimum absolute atomic E-state index is 0.0502. The van der Waals surface area contributed by atoms with Crippen LogP contribution in [0.1, 0.15) is 74.0 Å². The zero-order chi connectivity index (χ0) is 21.5. The molecular formula is C23H29F2N3O2. The number of nitrogens with zero attached hydrogens (tertiary/aromatic N) is 1. The predicted molar refractivity (Wildman–Crippen MR) is 112 cm³/mol. The Hall–Kier alpha value is -2.31. The Bertz CT molecular complexity index is 998. The van der Waals surface area contributed by atoms with Gasteiger partial charge in [-0.3, -0.25) is 14.6 Å². The summed E-state index contributed by atoms with van der Waals surface area (Å²) in [5.74, 6) is -3.71. The molecule has 2 heterocycles. The van der Waals surface area contributed by atoms with Gasteiger partial charge >= 0.3 is 0 Å². The number of amides is 1. The van der Waals surface area contributed by atoms with Crippen molar-refractivity contribution in [1.29, 1.82) is 0 Å². The van der Waals surface area contributed by atoms with Crippen molar-refractivity contribution in [3.05, 3.63) is 39.9 Å². The van der Waals surface area contributed by atoms with Gasteiger partial charge in [-0.1, -0.05) is 39.0 Å². The van der Waals surface area contributed by atoms with E-state index >= 15 is 0 Å². The first-order valence-corrected chi connectivity index (χ1v) is 10.9. The van der Waals surface area contributed by atoms with Crippen molar-refractivity contribution in [3.8, 4) is 0 Å². The fourth-order valence-corrected chi connectivity index (χ4v) is 5.53. The standard InChI is InChI=1S/C23H29F2N3O2/c1-13-10-15(14-6-4-3-5-7-14)16(12-23(13,24)25)18-11-19(29)20-17(28-18)8-9-27-21(20)22(30)26-2/h8-9,11,13-16H,3-7,10,12H2,1-2H3,(H,26,30)(H,28,29)/t13-,15+,16-/m1/s1. The van der Waals surface area contributed by atoms with Crippen molar-refractivity contribution >= 4 is 16.8 Å². The van der Waals surface area contributed by atoms with Gasteiger partial charge in [-0.15, -0.1) is 0 Å². The molecule has 1 amide bonds. The van der Waals surface area contributed by atoms with E-state index in [2.05, 4.69) is 15.3 Å². The second kappa shape index (κ2) is 8.08. The molecule has 0 spiro atoms. The normalized spacial score (nSPS) is 27.1. The van der Waals surface area contributed by atoms with E-state index in [1.54, 1.807) is 13.0 Å². The number of aromatic nitrogens is 2. The van der Waals surface area contributed by atoms with Crippen LogP contribution in [0.2, 0.25) is 0 Å². The minimum Gasteiger partial charge on any atom is -0.358 e. The number of carbonyl (C=O) groups is 1. The molecule has 162 valence electrons. The summed E-state index contributed by atoms with van der Waals surface area (Å²) in [6, 6.07) is 3.05. The van der Waals surface area contributed by atoms with Gasteiger partial charge in [0.1, 0.15) is 5.69 Å².